The molecule has 0 saturated carbocycles. The fraction of sp³-hybridized carbons (Fsp3) is 0.0435. The van der Waals surface area contributed by atoms with Crippen LogP contribution in [0.25, 0.3) is 16.7 Å². The van der Waals surface area contributed by atoms with Crippen LogP contribution < -0.4 is 16.4 Å². The molecule has 1 amide bonds. The SMILES string of the molecule is C=C(C(N)=O)c1ccc(Cl)c(Nc2nc(Nc3cnn(C)c3)ncc2-c2ccc(Br)cc2)c1. The summed E-state index contributed by atoms with van der Waals surface area (Å²) in [6.45, 7) is 3.75. The molecule has 4 N–H and O–H groups in total. The molecule has 4 rings (SSSR count). The highest BCUT2D eigenvalue weighted by Gasteiger charge is 2.14. The van der Waals surface area contributed by atoms with Crippen LogP contribution >= 0.6 is 27.5 Å². The molecule has 0 spiro atoms. The van der Waals surface area contributed by atoms with Crippen molar-refractivity contribution in [1.29, 1.82) is 0 Å². The summed E-state index contributed by atoms with van der Waals surface area (Å²) >= 11 is 9.89. The zero-order valence-corrected chi connectivity index (χ0v) is 19.9. The van der Waals surface area contributed by atoms with Gasteiger partial charge >= 0.3 is 0 Å². The number of nitrogens with zero attached hydrogens (tertiary/aromatic N) is 4. The number of aryl methyl sites for hydroxylation is 1. The standard InChI is InChI=1S/C23H19BrClN7O/c1-13(21(26)33)15-5-8-19(25)20(9-15)30-22-18(14-3-6-16(24)7-4-14)11-27-23(31-22)29-17-10-28-32(2)12-17/h3-12H,1H2,2H3,(H2,26,33)(H2,27,29,30,31). The molecule has 0 aliphatic heterocycles. The van der Waals surface area contributed by atoms with Crippen molar-refractivity contribution >= 4 is 62.2 Å². The van der Waals surface area contributed by atoms with E-state index in [1.54, 1.807) is 35.3 Å². The van der Waals surface area contributed by atoms with Gasteiger partial charge in [-0.15, -0.1) is 0 Å². The van der Waals surface area contributed by atoms with Gasteiger partial charge in [-0.2, -0.15) is 10.1 Å². The molecule has 0 aliphatic rings. The van der Waals surface area contributed by atoms with Crippen LogP contribution in [-0.2, 0) is 11.8 Å². The summed E-state index contributed by atoms with van der Waals surface area (Å²) in [4.78, 5) is 20.7. The summed E-state index contributed by atoms with van der Waals surface area (Å²) in [5.41, 5.74) is 9.08. The zero-order chi connectivity index (χ0) is 23.5. The molecular weight excluding hydrogens is 506 g/mol. The molecule has 2 heterocycles. The minimum Gasteiger partial charge on any atom is -0.366 e. The third-order valence-corrected chi connectivity index (χ3v) is 5.63. The molecule has 0 radical (unpaired) electrons. The Kier molecular flexibility index (Phi) is 6.43. The van der Waals surface area contributed by atoms with Gasteiger partial charge in [0.25, 0.3) is 0 Å². The van der Waals surface area contributed by atoms with Crippen LogP contribution in [-0.4, -0.2) is 25.7 Å². The first kappa shape index (κ1) is 22.5. The van der Waals surface area contributed by atoms with Crippen LogP contribution in [0.15, 0.2) is 72.1 Å². The number of hydrogen-bond acceptors (Lipinski definition) is 6. The van der Waals surface area contributed by atoms with Crippen molar-refractivity contribution in [3.8, 4) is 11.1 Å². The normalized spacial score (nSPS) is 10.6. The highest BCUT2D eigenvalue weighted by Crippen LogP contribution is 2.34. The Hall–Kier alpha value is -3.69. The topological polar surface area (TPSA) is 111 Å². The molecular formula is C23H19BrClN7O. The van der Waals surface area contributed by atoms with Crippen LogP contribution in [0.3, 0.4) is 0 Å². The Bertz CT molecular complexity index is 1350. The third kappa shape index (κ3) is 5.21. The maximum Gasteiger partial charge on any atom is 0.248 e. The van der Waals surface area contributed by atoms with Gasteiger partial charge in [0.15, 0.2) is 0 Å². The highest BCUT2D eigenvalue weighted by molar-refractivity contribution is 9.10. The number of nitrogens with two attached hydrogens (primary N) is 1. The largest absolute Gasteiger partial charge is 0.366 e. The van der Waals surface area contributed by atoms with Crippen molar-refractivity contribution in [2.24, 2.45) is 12.8 Å². The maximum atomic E-state index is 11.6. The van der Waals surface area contributed by atoms with Gasteiger partial charge in [0.2, 0.25) is 11.9 Å². The van der Waals surface area contributed by atoms with Gasteiger partial charge in [0.05, 0.1) is 22.6 Å². The number of carbonyl (C=O) groups is 1. The fourth-order valence-corrected chi connectivity index (χ4v) is 3.50. The molecule has 0 bridgehead atoms. The lowest BCUT2D eigenvalue weighted by atomic mass is 10.1. The van der Waals surface area contributed by atoms with Crippen LogP contribution in [0.2, 0.25) is 5.02 Å². The smallest absolute Gasteiger partial charge is 0.248 e. The van der Waals surface area contributed by atoms with E-state index in [0.717, 1.165) is 21.3 Å². The highest BCUT2D eigenvalue weighted by atomic mass is 79.9. The van der Waals surface area contributed by atoms with Crippen LogP contribution in [0, 0.1) is 0 Å². The Balaban J connectivity index is 1.76. The number of rotatable bonds is 7. The van der Waals surface area contributed by atoms with E-state index in [9.17, 15) is 4.79 Å². The van der Waals surface area contributed by atoms with Gasteiger partial charge in [-0.3, -0.25) is 9.48 Å². The Morgan fingerprint density at radius 3 is 2.58 bits per heavy atom. The lowest BCUT2D eigenvalue weighted by Crippen LogP contribution is -2.12. The molecule has 8 nitrogen and oxygen atoms in total. The second kappa shape index (κ2) is 9.43. The summed E-state index contributed by atoms with van der Waals surface area (Å²) in [7, 11) is 1.82. The molecule has 0 atom stereocenters. The van der Waals surface area contributed by atoms with Crippen LogP contribution in [0.5, 0.6) is 0 Å². The number of nitrogens with one attached hydrogen (secondary N) is 2. The molecule has 2 aromatic heterocycles. The van der Waals surface area contributed by atoms with E-state index in [0.29, 0.717) is 28.0 Å². The predicted molar refractivity (Wildman–Crippen MR) is 135 cm³/mol. The van der Waals surface area contributed by atoms with Crippen molar-refractivity contribution in [3.05, 3.63) is 82.7 Å². The van der Waals surface area contributed by atoms with Crippen LogP contribution in [0.4, 0.5) is 23.1 Å². The molecule has 0 aliphatic carbocycles. The average molecular weight is 525 g/mol. The van der Waals surface area contributed by atoms with Gasteiger partial charge in [0.1, 0.15) is 5.82 Å². The first-order valence-electron chi connectivity index (χ1n) is 9.74. The number of primary amides is 1. The lowest BCUT2D eigenvalue weighted by Gasteiger charge is -2.15. The number of aromatic nitrogens is 4. The Morgan fingerprint density at radius 2 is 1.91 bits per heavy atom. The van der Waals surface area contributed by atoms with Gasteiger partial charge in [-0.05, 0) is 35.4 Å². The van der Waals surface area contributed by atoms with E-state index < -0.39 is 5.91 Å². The average Bonchev–Trinajstić information content (AvgIpc) is 3.20. The quantitative estimate of drug-likeness (QED) is 0.284. The van der Waals surface area contributed by atoms with E-state index in [4.69, 9.17) is 17.3 Å². The number of carbonyl (C=O) groups excluding carboxylic acids is 1. The second-order valence-corrected chi connectivity index (χ2v) is 8.48. The van der Waals surface area contributed by atoms with Crippen LogP contribution in [0.1, 0.15) is 5.56 Å². The first-order valence-corrected chi connectivity index (χ1v) is 10.9. The van der Waals surface area contributed by atoms with Crippen molar-refractivity contribution in [1.82, 2.24) is 19.7 Å². The van der Waals surface area contributed by atoms with E-state index in [1.165, 1.54) is 0 Å². The van der Waals surface area contributed by atoms with Crippen molar-refractivity contribution in [3.63, 3.8) is 0 Å². The zero-order valence-electron chi connectivity index (χ0n) is 17.5. The van der Waals surface area contributed by atoms with Crippen molar-refractivity contribution < 1.29 is 4.79 Å². The molecule has 33 heavy (non-hydrogen) atoms. The summed E-state index contributed by atoms with van der Waals surface area (Å²) in [5.74, 6) is 0.284. The summed E-state index contributed by atoms with van der Waals surface area (Å²) < 4.78 is 2.63. The number of amides is 1. The fourth-order valence-electron chi connectivity index (χ4n) is 3.07. The van der Waals surface area contributed by atoms with Gasteiger partial charge in [-0.1, -0.05) is 52.3 Å². The first-order chi connectivity index (χ1) is 15.8. The molecule has 0 fully saturated rings. The number of halogens is 2. The number of hydrogen-bond donors (Lipinski definition) is 3. The minimum atomic E-state index is -0.608. The van der Waals surface area contributed by atoms with E-state index in [1.807, 2.05) is 37.5 Å². The summed E-state index contributed by atoms with van der Waals surface area (Å²) in [5, 5.41) is 11.0. The Morgan fingerprint density at radius 1 is 1.15 bits per heavy atom. The molecule has 4 aromatic rings. The molecule has 166 valence electrons. The van der Waals surface area contributed by atoms with Crippen molar-refractivity contribution in [2.45, 2.75) is 0 Å². The maximum absolute atomic E-state index is 11.6. The van der Waals surface area contributed by atoms with Gasteiger partial charge in [-0.25, -0.2) is 4.98 Å². The second-order valence-electron chi connectivity index (χ2n) is 7.15. The van der Waals surface area contributed by atoms with E-state index in [2.05, 4.69) is 48.2 Å². The Labute approximate surface area is 203 Å². The van der Waals surface area contributed by atoms with Gasteiger partial charge in [0, 0.05) is 35.1 Å². The molecule has 0 saturated heterocycles. The number of benzene rings is 2. The van der Waals surface area contributed by atoms with E-state index in [-0.39, 0.29) is 5.57 Å². The number of anilines is 4. The molecule has 0 unspecified atom stereocenters. The lowest BCUT2D eigenvalue weighted by molar-refractivity contribution is -0.112. The van der Waals surface area contributed by atoms with E-state index >= 15 is 0 Å². The monoisotopic (exact) mass is 523 g/mol. The summed E-state index contributed by atoms with van der Waals surface area (Å²) in [6.07, 6.45) is 5.21. The molecule has 10 heteroatoms. The third-order valence-electron chi connectivity index (χ3n) is 4.77. The predicted octanol–water partition coefficient (Wildman–Crippen LogP) is 5.28. The van der Waals surface area contributed by atoms with Gasteiger partial charge < -0.3 is 16.4 Å². The minimum absolute atomic E-state index is 0.185. The summed E-state index contributed by atoms with van der Waals surface area (Å²) in [6, 6.07) is 12.8. The molecule has 2 aromatic carbocycles. The van der Waals surface area contributed by atoms with Crippen molar-refractivity contribution in [2.75, 3.05) is 10.6 Å².